The summed E-state index contributed by atoms with van der Waals surface area (Å²) in [7, 11) is -3.95. The van der Waals surface area contributed by atoms with Crippen LogP contribution in [0.3, 0.4) is 0 Å². The van der Waals surface area contributed by atoms with Gasteiger partial charge in [-0.15, -0.1) is 0 Å². The molecule has 1 N–H and O–H groups in total. The van der Waals surface area contributed by atoms with Gasteiger partial charge in [0.05, 0.1) is 27.6 Å². The van der Waals surface area contributed by atoms with Crippen LogP contribution in [-0.2, 0) is 32.3 Å². The summed E-state index contributed by atoms with van der Waals surface area (Å²) in [4.78, 5) is 28.0. The number of sulfonamides is 1. The molecule has 7 nitrogen and oxygen atoms in total. The Morgan fingerprint density at radius 2 is 1.73 bits per heavy atom. The van der Waals surface area contributed by atoms with E-state index in [4.69, 9.17) is 23.2 Å². The van der Waals surface area contributed by atoms with Crippen molar-refractivity contribution < 1.29 is 31.2 Å². The molecule has 0 heterocycles. The molecule has 2 aromatic rings. The first-order valence-electron chi connectivity index (χ1n) is 13.4. The Morgan fingerprint density at radius 1 is 1.05 bits per heavy atom. The second-order valence-electron chi connectivity index (χ2n) is 10.3. The van der Waals surface area contributed by atoms with Gasteiger partial charge in [0.1, 0.15) is 6.04 Å². The van der Waals surface area contributed by atoms with Crippen molar-refractivity contribution in [3.63, 3.8) is 0 Å². The number of hydrogen-bond donors (Lipinski definition) is 1. The van der Waals surface area contributed by atoms with E-state index in [1.54, 1.807) is 25.1 Å². The number of carbonyl (C=O) groups is 2. The van der Waals surface area contributed by atoms with E-state index in [-0.39, 0.29) is 43.6 Å². The standard InChI is InChI=1S/C28H34Cl2F3N3O4S/c1-19(27(38)34-22-9-4-3-5-10-22)35(18-20-13-14-24(29)25(30)16-20)26(37)12-7-15-36(41(2,39)40)23-11-6-8-21(17-23)28(31,32)33/h6,8,11,13-14,16-17,19,22H,3-5,7,9-10,12,15,18H2,1-2H3,(H,34,38). The maximum absolute atomic E-state index is 13.5. The third-order valence-corrected chi connectivity index (χ3v) is 9.00. The highest BCUT2D eigenvalue weighted by molar-refractivity contribution is 7.92. The minimum absolute atomic E-state index is 0.0109. The lowest BCUT2D eigenvalue weighted by atomic mass is 9.95. The summed E-state index contributed by atoms with van der Waals surface area (Å²) in [5.41, 5.74) is -0.486. The van der Waals surface area contributed by atoms with Gasteiger partial charge in [-0.25, -0.2) is 8.42 Å². The number of benzene rings is 2. The highest BCUT2D eigenvalue weighted by Crippen LogP contribution is 2.32. The SMILES string of the molecule is CC(C(=O)NC1CCCCC1)N(Cc1ccc(Cl)c(Cl)c1)C(=O)CCCN(c1cccc(C(F)(F)F)c1)S(C)(=O)=O. The van der Waals surface area contributed by atoms with Crippen molar-refractivity contribution in [2.75, 3.05) is 17.1 Å². The molecule has 0 spiro atoms. The van der Waals surface area contributed by atoms with Crippen molar-refractivity contribution in [1.82, 2.24) is 10.2 Å². The number of anilines is 1. The lowest BCUT2D eigenvalue weighted by Gasteiger charge is -2.31. The van der Waals surface area contributed by atoms with Crippen molar-refractivity contribution in [1.29, 1.82) is 0 Å². The molecule has 0 aliphatic heterocycles. The summed E-state index contributed by atoms with van der Waals surface area (Å²) in [5.74, 6) is -0.716. The average Bonchev–Trinajstić information content (AvgIpc) is 2.90. The first kappa shape index (κ1) is 33.0. The van der Waals surface area contributed by atoms with Crippen LogP contribution in [-0.4, -0.2) is 50.0 Å². The topological polar surface area (TPSA) is 86.8 Å². The molecule has 1 aliphatic carbocycles. The van der Waals surface area contributed by atoms with Gasteiger partial charge < -0.3 is 10.2 Å². The van der Waals surface area contributed by atoms with E-state index in [2.05, 4.69) is 5.32 Å². The molecule has 13 heteroatoms. The van der Waals surface area contributed by atoms with Gasteiger partial charge in [-0.2, -0.15) is 13.2 Å². The lowest BCUT2D eigenvalue weighted by molar-refractivity contribution is -0.141. The monoisotopic (exact) mass is 635 g/mol. The van der Waals surface area contributed by atoms with Crippen LogP contribution in [0.15, 0.2) is 42.5 Å². The van der Waals surface area contributed by atoms with Gasteiger partial charge in [0.25, 0.3) is 0 Å². The van der Waals surface area contributed by atoms with Gasteiger partial charge in [0.15, 0.2) is 0 Å². The highest BCUT2D eigenvalue weighted by Gasteiger charge is 2.32. The lowest BCUT2D eigenvalue weighted by Crippen LogP contribution is -2.50. The van der Waals surface area contributed by atoms with E-state index in [9.17, 15) is 31.2 Å². The molecule has 0 aromatic heterocycles. The summed E-state index contributed by atoms with van der Waals surface area (Å²) in [6, 6.07) is 8.11. The van der Waals surface area contributed by atoms with Crippen molar-refractivity contribution in [2.45, 2.75) is 76.7 Å². The molecular weight excluding hydrogens is 602 g/mol. The fraction of sp³-hybridized carbons (Fsp3) is 0.500. The number of hydrogen-bond acceptors (Lipinski definition) is 4. The van der Waals surface area contributed by atoms with Gasteiger partial charge in [0, 0.05) is 25.6 Å². The number of nitrogens with zero attached hydrogens (tertiary/aromatic N) is 2. The van der Waals surface area contributed by atoms with Crippen LogP contribution in [0.5, 0.6) is 0 Å². The Labute approximate surface area is 249 Å². The quantitative estimate of drug-likeness (QED) is 0.308. The molecule has 0 bridgehead atoms. The number of halogens is 5. The van der Waals surface area contributed by atoms with Crippen LogP contribution < -0.4 is 9.62 Å². The molecule has 1 saturated carbocycles. The van der Waals surface area contributed by atoms with Crippen LogP contribution >= 0.6 is 23.2 Å². The van der Waals surface area contributed by atoms with E-state index >= 15 is 0 Å². The van der Waals surface area contributed by atoms with Crippen molar-refractivity contribution in [3.05, 3.63) is 63.6 Å². The smallest absolute Gasteiger partial charge is 0.352 e. The Morgan fingerprint density at radius 3 is 2.34 bits per heavy atom. The van der Waals surface area contributed by atoms with Gasteiger partial charge in [-0.1, -0.05) is 54.6 Å². The predicted octanol–water partition coefficient (Wildman–Crippen LogP) is 6.42. The zero-order valence-corrected chi connectivity index (χ0v) is 25.2. The second kappa shape index (κ2) is 14.1. The third-order valence-electron chi connectivity index (χ3n) is 7.07. The van der Waals surface area contributed by atoms with E-state index in [1.165, 1.54) is 11.0 Å². The van der Waals surface area contributed by atoms with Crippen molar-refractivity contribution in [3.8, 4) is 0 Å². The third kappa shape index (κ3) is 9.51. The first-order valence-corrected chi connectivity index (χ1v) is 16.0. The Hall–Kier alpha value is -2.50. The summed E-state index contributed by atoms with van der Waals surface area (Å²) >= 11 is 12.2. The summed E-state index contributed by atoms with van der Waals surface area (Å²) in [5, 5.41) is 3.67. The summed E-state index contributed by atoms with van der Waals surface area (Å²) in [6.07, 6.45) is 1.02. The molecule has 1 unspecified atom stereocenters. The molecule has 2 aromatic carbocycles. The van der Waals surface area contributed by atoms with Crippen LogP contribution in [0.4, 0.5) is 18.9 Å². The molecule has 1 fully saturated rings. The Balaban J connectivity index is 1.76. The molecule has 0 radical (unpaired) electrons. The predicted molar refractivity (Wildman–Crippen MR) is 154 cm³/mol. The van der Waals surface area contributed by atoms with E-state index in [0.717, 1.165) is 60.9 Å². The molecule has 41 heavy (non-hydrogen) atoms. The zero-order chi connectivity index (χ0) is 30.4. The van der Waals surface area contributed by atoms with Crippen molar-refractivity contribution in [2.24, 2.45) is 0 Å². The van der Waals surface area contributed by atoms with E-state index in [0.29, 0.717) is 15.6 Å². The number of nitrogens with one attached hydrogen (secondary N) is 1. The molecule has 3 rings (SSSR count). The number of amides is 2. The second-order valence-corrected chi connectivity index (χ2v) is 13.0. The highest BCUT2D eigenvalue weighted by atomic mass is 35.5. The zero-order valence-electron chi connectivity index (χ0n) is 22.9. The largest absolute Gasteiger partial charge is 0.416 e. The molecule has 2 amide bonds. The molecule has 226 valence electrons. The molecule has 1 atom stereocenters. The normalized spacial score (nSPS) is 15.3. The number of rotatable bonds is 11. The number of alkyl halides is 3. The van der Waals surface area contributed by atoms with Crippen molar-refractivity contribution >= 4 is 50.7 Å². The van der Waals surface area contributed by atoms with Gasteiger partial charge in [-0.3, -0.25) is 13.9 Å². The van der Waals surface area contributed by atoms with E-state index < -0.39 is 33.7 Å². The van der Waals surface area contributed by atoms with Gasteiger partial charge >= 0.3 is 6.18 Å². The fourth-order valence-corrected chi connectivity index (χ4v) is 6.11. The number of carbonyl (C=O) groups excluding carboxylic acids is 2. The minimum atomic E-state index is -4.64. The Bertz CT molecular complexity index is 1340. The molecular formula is C28H34Cl2F3N3O4S. The fourth-order valence-electron chi connectivity index (χ4n) is 4.83. The van der Waals surface area contributed by atoms with E-state index in [1.807, 2.05) is 0 Å². The van der Waals surface area contributed by atoms with Crippen LogP contribution in [0.2, 0.25) is 10.0 Å². The average molecular weight is 637 g/mol. The first-order chi connectivity index (χ1) is 19.2. The Kier molecular flexibility index (Phi) is 11.4. The maximum atomic E-state index is 13.5. The van der Waals surface area contributed by atoms with Crippen LogP contribution in [0, 0.1) is 0 Å². The van der Waals surface area contributed by atoms with Gasteiger partial charge in [0.2, 0.25) is 21.8 Å². The van der Waals surface area contributed by atoms with Crippen LogP contribution in [0.25, 0.3) is 0 Å². The maximum Gasteiger partial charge on any atom is 0.416 e. The minimum Gasteiger partial charge on any atom is -0.352 e. The summed E-state index contributed by atoms with van der Waals surface area (Å²) in [6.45, 7) is 1.45. The molecule has 1 aliphatic rings. The molecule has 0 saturated heterocycles. The van der Waals surface area contributed by atoms with Crippen LogP contribution in [0.1, 0.15) is 63.0 Å². The van der Waals surface area contributed by atoms with Gasteiger partial charge in [-0.05, 0) is 62.1 Å². The summed E-state index contributed by atoms with van der Waals surface area (Å²) < 4.78 is 65.4.